The zero-order valence-electron chi connectivity index (χ0n) is 32.9. The van der Waals surface area contributed by atoms with E-state index in [1.54, 1.807) is 40.1 Å². The Kier molecular flexibility index (Phi) is 11.6. The number of aromatic nitrogens is 1. The number of allylic oxidation sites excluding steroid dienone is 1. The average molecular weight is 800 g/mol. The lowest BCUT2D eigenvalue weighted by Crippen LogP contribution is -2.59. The third-order valence-corrected chi connectivity index (χ3v) is 13.6. The number of nitrogens with one attached hydrogen (secondary N) is 3. The van der Waals surface area contributed by atoms with E-state index in [1.807, 2.05) is 37.3 Å². The number of ether oxygens (including phenoxy) is 3. The van der Waals surface area contributed by atoms with E-state index in [-0.39, 0.29) is 49.9 Å². The third kappa shape index (κ3) is 8.59. The summed E-state index contributed by atoms with van der Waals surface area (Å²) in [5, 5.41) is 7.16. The van der Waals surface area contributed by atoms with Crippen molar-refractivity contribution in [2.75, 3.05) is 20.3 Å². The molecule has 2 aromatic rings. The van der Waals surface area contributed by atoms with E-state index >= 15 is 0 Å². The van der Waals surface area contributed by atoms with Crippen LogP contribution in [0.5, 0.6) is 11.6 Å². The molecule has 1 saturated heterocycles. The van der Waals surface area contributed by atoms with Crippen molar-refractivity contribution in [2.45, 2.75) is 120 Å². The molecule has 4 amide bonds. The predicted molar refractivity (Wildman–Crippen MR) is 206 cm³/mol. The molecule has 2 aliphatic heterocycles. The van der Waals surface area contributed by atoms with Gasteiger partial charge < -0.3 is 29.7 Å². The first-order valence-electron chi connectivity index (χ1n) is 19.5. The summed E-state index contributed by atoms with van der Waals surface area (Å²) in [6.45, 7) is 8.00. The van der Waals surface area contributed by atoms with Gasteiger partial charge in [-0.05, 0) is 101 Å². The van der Waals surface area contributed by atoms with Gasteiger partial charge in [0.1, 0.15) is 46.5 Å². The monoisotopic (exact) mass is 799 g/mol. The van der Waals surface area contributed by atoms with E-state index in [0.717, 1.165) is 11.8 Å². The molecule has 3 heterocycles. The highest BCUT2D eigenvalue weighted by molar-refractivity contribution is 7.91. The van der Waals surface area contributed by atoms with Gasteiger partial charge in [-0.1, -0.05) is 32.4 Å². The van der Waals surface area contributed by atoms with Gasteiger partial charge in [0.2, 0.25) is 27.7 Å². The number of pyridine rings is 1. The molecule has 6 rings (SSSR count). The Bertz CT molecular complexity index is 1980. The third-order valence-electron chi connectivity index (χ3n) is 11.5. The van der Waals surface area contributed by atoms with Gasteiger partial charge in [0, 0.05) is 23.9 Å². The lowest BCUT2D eigenvalue weighted by Gasteiger charge is -2.34. The minimum Gasteiger partial charge on any atom is -0.497 e. The van der Waals surface area contributed by atoms with Crippen molar-refractivity contribution >= 4 is 44.6 Å². The average Bonchev–Trinajstić information content (AvgIpc) is 4.05. The molecule has 4 aliphatic rings. The zero-order chi connectivity index (χ0) is 40.6. The van der Waals surface area contributed by atoms with Gasteiger partial charge in [-0.3, -0.25) is 19.1 Å². The SMILES string of the molecule is CC[C@@H]1C[C@H](C)CC/C=C\[C@@H]2C[C@@]2(C(=O)NS(=O)(=O)C2(CF)CC2)NC(=O)C2C[C@@H](Oc3nccc4cc(OC)ccc34)CN2C(=O)[C@H]1NC(=O)OC(C)(C)C. The van der Waals surface area contributed by atoms with E-state index in [4.69, 9.17) is 14.2 Å². The Morgan fingerprint density at radius 2 is 1.89 bits per heavy atom. The van der Waals surface area contributed by atoms with Crippen molar-refractivity contribution in [3.05, 3.63) is 42.6 Å². The number of fused-ring (bicyclic) bond motifs is 3. The molecule has 2 saturated carbocycles. The predicted octanol–water partition coefficient (Wildman–Crippen LogP) is 4.71. The fraction of sp³-hybridized carbons (Fsp3) is 0.625. The van der Waals surface area contributed by atoms with E-state index in [9.17, 15) is 32.0 Å². The summed E-state index contributed by atoms with van der Waals surface area (Å²) in [4.78, 5) is 62.5. The summed E-state index contributed by atoms with van der Waals surface area (Å²) in [6, 6.07) is 4.97. The number of nitrogens with zero attached hydrogens (tertiary/aromatic N) is 2. The molecule has 7 atom stereocenters. The smallest absolute Gasteiger partial charge is 0.408 e. The molecule has 1 aromatic carbocycles. The lowest BCUT2D eigenvalue weighted by molar-refractivity contribution is -0.142. The Labute approximate surface area is 327 Å². The van der Waals surface area contributed by atoms with Crippen LogP contribution in [-0.2, 0) is 29.1 Å². The molecule has 0 spiro atoms. The first-order valence-corrected chi connectivity index (χ1v) is 20.9. The topological polar surface area (TPSA) is 182 Å². The number of hydrogen-bond donors (Lipinski definition) is 3. The van der Waals surface area contributed by atoms with Crippen LogP contribution in [0.15, 0.2) is 42.6 Å². The Morgan fingerprint density at radius 1 is 1.14 bits per heavy atom. The number of carbonyl (C=O) groups excluding carboxylic acids is 4. The maximum Gasteiger partial charge on any atom is 0.408 e. The molecule has 3 fully saturated rings. The number of alkyl carbamates (subject to hydrolysis) is 1. The van der Waals surface area contributed by atoms with E-state index in [0.29, 0.717) is 30.4 Å². The largest absolute Gasteiger partial charge is 0.497 e. The molecule has 306 valence electrons. The van der Waals surface area contributed by atoms with Crippen LogP contribution < -0.4 is 24.8 Å². The van der Waals surface area contributed by atoms with Gasteiger partial charge in [-0.15, -0.1) is 0 Å². The second-order valence-electron chi connectivity index (χ2n) is 16.8. The van der Waals surface area contributed by atoms with Gasteiger partial charge in [0.25, 0.3) is 5.91 Å². The van der Waals surface area contributed by atoms with Crippen LogP contribution >= 0.6 is 0 Å². The molecular formula is C40H54FN5O9S. The van der Waals surface area contributed by atoms with Gasteiger partial charge in [-0.2, -0.15) is 0 Å². The highest BCUT2D eigenvalue weighted by atomic mass is 32.2. The number of carbonyl (C=O) groups is 4. The standard InChI is InChI=1S/C40H54FN5O9S/c1-7-25-18-24(2)10-8-9-11-27-21-40(27,36(49)45-56(51,52)39(23-41)15-16-39)44-33(47)31-20-29(22-46(31)35(48)32(25)43-37(50)55-38(3,4)5)54-34-30-13-12-28(53-6)19-26(30)14-17-42-34/h9,11-14,17,19,24-25,27,29,31-32H,7-8,10,15-16,18,20-23H2,1-6H3,(H,43,50)(H,44,47)(H,45,49)/b11-9-/t24-,25-,27-,29-,31?,32+,40-/m1/s1. The van der Waals surface area contributed by atoms with E-state index < -0.39 is 80.5 Å². The quantitative estimate of drug-likeness (QED) is 0.301. The van der Waals surface area contributed by atoms with Gasteiger partial charge in [-0.25, -0.2) is 22.6 Å². The number of amides is 4. The molecule has 1 unspecified atom stereocenters. The van der Waals surface area contributed by atoms with E-state index in [1.165, 1.54) is 4.90 Å². The zero-order valence-corrected chi connectivity index (χ0v) is 33.7. The number of halogens is 1. The maximum absolute atomic E-state index is 14.9. The molecule has 14 nitrogen and oxygen atoms in total. The fourth-order valence-corrected chi connectivity index (χ4v) is 9.34. The summed E-state index contributed by atoms with van der Waals surface area (Å²) in [5.41, 5.74) is -2.49. The number of alkyl halides is 1. The van der Waals surface area contributed by atoms with Crippen molar-refractivity contribution < 1.29 is 46.2 Å². The second kappa shape index (κ2) is 15.8. The highest BCUT2D eigenvalue weighted by Crippen LogP contribution is 2.48. The van der Waals surface area contributed by atoms with E-state index in [2.05, 4.69) is 27.3 Å². The van der Waals surface area contributed by atoms with Crippen LogP contribution in [0.3, 0.4) is 0 Å². The number of hydrogen-bond acceptors (Lipinski definition) is 10. The van der Waals surface area contributed by atoms with Gasteiger partial charge in [0.05, 0.1) is 13.7 Å². The van der Waals surface area contributed by atoms with Crippen molar-refractivity contribution in [1.82, 2.24) is 25.2 Å². The van der Waals surface area contributed by atoms with Crippen LogP contribution in [0, 0.1) is 17.8 Å². The molecule has 2 aliphatic carbocycles. The molecule has 3 N–H and O–H groups in total. The number of rotatable bonds is 9. The minimum atomic E-state index is -4.38. The van der Waals surface area contributed by atoms with Crippen molar-refractivity contribution in [1.29, 1.82) is 0 Å². The molecule has 1 aromatic heterocycles. The normalized spacial score (nSPS) is 29.7. The second-order valence-corrected chi connectivity index (χ2v) is 18.9. The first kappa shape index (κ1) is 41.2. The van der Waals surface area contributed by atoms with Crippen molar-refractivity contribution in [3.63, 3.8) is 0 Å². The van der Waals surface area contributed by atoms with Gasteiger partial charge in [0.15, 0.2) is 0 Å². The van der Waals surface area contributed by atoms with Gasteiger partial charge >= 0.3 is 6.09 Å². The van der Waals surface area contributed by atoms with Crippen LogP contribution in [0.2, 0.25) is 0 Å². The molecule has 56 heavy (non-hydrogen) atoms. The van der Waals surface area contributed by atoms with Crippen LogP contribution in [0.25, 0.3) is 10.8 Å². The lowest BCUT2D eigenvalue weighted by atomic mass is 9.85. The molecular weight excluding hydrogens is 746 g/mol. The summed E-state index contributed by atoms with van der Waals surface area (Å²) in [5.74, 6) is -1.97. The summed E-state index contributed by atoms with van der Waals surface area (Å²) in [6.07, 6.45) is 6.59. The number of benzene rings is 1. The summed E-state index contributed by atoms with van der Waals surface area (Å²) >= 11 is 0. The Morgan fingerprint density at radius 3 is 2.55 bits per heavy atom. The summed E-state index contributed by atoms with van der Waals surface area (Å²) in [7, 11) is -2.82. The fourth-order valence-electron chi connectivity index (χ4n) is 7.91. The summed E-state index contributed by atoms with van der Waals surface area (Å²) < 4.78 is 58.1. The molecule has 0 bridgehead atoms. The van der Waals surface area contributed by atoms with Crippen LogP contribution in [-0.4, -0.2) is 96.5 Å². The van der Waals surface area contributed by atoms with Crippen LogP contribution in [0.4, 0.5) is 9.18 Å². The highest BCUT2D eigenvalue weighted by Gasteiger charge is 2.64. The first-order chi connectivity index (χ1) is 26.4. The number of methoxy groups -OCH3 is 1. The maximum atomic E-state index is 14.9. The Hall–Kier alpha value is -4.47. The minimum absolute atomic E-state index is 0.000383. The Balaban J connectivity index is 1.36. The number of sulfonamides is 1. The van der Waals surface area contributed by atoms with Crippen LogP contribution in [0.1, 0.15) is 86.0 Å². The molecule has 16 heteroatoms. The molecule has 0 radical (unpaired) electrons. The van der Waals surface area contributed by atoms with Crippen molar-refractivity contribution in [2.24, 2.45) is 17.8 Å². The van der Waals surface area contributed by atoms with Crippen molar-refractivity contribution in [3.8, 4) is 11.6 Å².